The minimum Gasteiger partial charge on any atom is -0.507 e. The van der Waals surface area contributed by atoms with Crippen molar-refractivity contribution in [2.75, 3.05) is 94.8 Å². The van der Waals surface area contributed by atoms with E-state index in [9.17, 15) is 19.8 Å². The molecule has 0 saturated carbocycles. The Hall–Kier alpha value is -6.91. The molecule has 0 radical (unpaired) electrons. The molecule has 76 heavy (non-hydrogen) atoms. The second-order valence-corrected chi connectivity index (χ2v) is 21.4. The van der Waals surface area contributed by atoms with E-state index in [1.165, 1.54) is 4.90 Å². The largest absolute Gasteiger partial charge is 0.507 e. The van der Waals surface area contributed by atoms with Crippen LogP contribution in [0.2, 0.25) is 0 Å². The van der Waals surface area contributed by atoms with Gasteiger partial charge in [0, 0.05) is 114 Å². The highest BCUT2D eigenvalue weighted by Crippen LogP contribution is 2.40. The van der Waals surface area contributed by atoms with E-state index in [2.05, 4.69) is 62.4 Å². The third kappa shape index (κ3) is 11.7. The normalized spacial score (nSPS) is 20.8. The number of nitrogens with two attached hydrogens (primary N) is 1. The summed E-state index contributed by atoms with van der Waals surface area (Å²) in [4.78, 5) is 49.1. The first-order valence-corrected chi connectivity index (χ1v) is 27.2. The Kier molecular flexibility index (Phi) is 16.3. The van der Waals surface area contributed by atoms with Crippen LogP contribution >= 0.6 is 11.3 Å². The van der Waals surface area contributed by atoms with Crippen LogP contribution in [0.5, 0.6) is 17.5 Å². The molecule has 21 heteroatoms. The number of thiazole rings is 1. The summed E-state index contributed by atoms with van der Waals surface area (Å²) in [6, 6.07) is 22.2. The van der Waals surface area contributed by atoms with Crippen LogP contribution in [0.3, 0.4) is 0 Å². The number of carbonyl (C=O) groups is 2. The van der Waals surface area contributed by atoms with Gasteiger partial charge in [-0.15, -0.1) is 21.5 Å². The highest BCUT2D eigenvalue weighted by Gasteiger charge is 2.44. The number of pyridine rings is 1. The van der Waals surface area contributed by atoms with E-state index in [0.29, 0.717) is 61.0 Å². The fourth-order valence-corrected chi connectivity index (χ4v) is 12.0. The quantitative estimate of drug-likeness (QED) is 0.0729. The summed E-state index contributed by atoms with van der Waals surface area (Å²) < 4.78 is 23.3. The number of para-hydroxylation sites is 1. The van der Waals surface area contributed by atoms with Gasteiger partial charge in [-0.2, -0.15) is 0 Å². The molecule has 2 unspecified atom stereocenters. The molecule has 4 fully saturated rings. The van der Waals surface area contributed by atoms with Gasteiger partial charge in [0.15, 0.2) is 11.6 Å². The van der Waals surface area contributed by atoms with E-state index < -0.39 is 18.1 Å². The molecule has 402 valence electrons. The molecule has 6 atom stereocenters. The van der Waals surface area contributed by atoms with Crippen LogP contribution in [0, 0.1) is 5.92 Å². The molecule has 2 bridgehead atoms. The van der Waals surface area contributed by atoms with Gasteiger partial charge in [-0.25, -0.2) is 9.97 Å². The number of nitrogens with one attached hydrogen (secondary N) is 1. The third-order valence-corrected chi connectivity index (χ3v) is 16.1. The van der Waals surface area contributed by atoms with Crippen molar-refractivity contribution in [2.24, 2.45) is 5.92 Å². The maximum Gasteiger partial charge on any atom is 0.254 e. The number of piperazine rings is 2. The Bertz CT molecular complexity index is 2920. The Labute approximate surface area is 446 Å². The third-order valence-electron chi connectivity index (χ3n) is 15.2. The molecule has 4 saturated heterocycles. The van der Waals surface area contributed by atoms with Gasteiger partial charge >= 0.3 is 0 Å². The molecule has 4 aliphatic heterocycles. The van der Waals surface area contributed by atoms with Crippen molar-refractivity contribution in [3.05, 3.63) is 102 Å². The highest BCUT2D eigenvalue weighted by molar-refractivity contribution is 7.13. The number of hydrogen-bond acceptors (Lipinski definition) is 19. The number of fused-ring (bicyclic) bond motifs is 2. The van der Waals surface area contributed by atoms with Crippen LogP contribution in [-0.4, -0.2) is 166 Å². The number of amides is 2. The molecule has 0 aliphatic carbocycles. The second-order valence-electron chi connectivity index (χ2n) is 20.5. The zero-order valence-corrected chi connectivity index (χ0v) is 44.3. The van der Waals surface area contributed by atoms with Gasteiger partial charge in [-0.1, -0.05) is 50.2 Å². The summed E-state index contributed by atoms with van der Waals surface area (Å²) in [6.07, 6.45) is 3.25. The van der Waals surface area contributed by atoms with E-state index >= 15 is 0 Å². The number of aliphatic hydroxyl groups is 1. The van der Waals surface area contributed by atoms with Crippen molar-refractivity contribution >= 4 is 40.3 Å². The van der Waals surface area contributed by atoms with Gasteiger partial charge in [0.2, 0.25) is 17.7 Å². The average Bonchev–Trinajstić information content (AvgIpc) is 4.26. The molecular weight excluding hydrogens is 989 g/mol. The lowest BCUT2D eigenvalue weighted by Gasteiger charge is -2.43. The van der Waals surface area contributed by atoms with E-state index in [4.69, 9.17) is 24.5 Å². The number of nitrogen functional groups attached to an aromatic ring is 1. The molecule has 8 heterocycles. The molecule has 6 aromatic rings. The number of benzene rings is 2. The molecule has 2 amide bonds. The topological polar surface area (TPSA) is 234 Å². The number of carbonyl (C=O) groups excluding carboxylic acids is 2. The average molecular weight is 1060 g/mol. The Morgan fingerprint density at radius 2 is 1.59 bits per heavy atom. The van der Waals surface area contributed by atoms with Crippen molar-refractivity contribution in [1.82, 2.24) is 45.3 Å². The van der Waals surface area contributed by atoms with Gasteiger partial charge in [-0.3, -0.25) is 19.4 Å². The van der Waals surface area contributed by atoms with Crippen molar-refractivity contribution < 1.29 is 38.5 Å². The number of methoxy groups -OCH3 is 1. The fraction of sp³-hybridized carbons (Fsp3) is 0.473. The Balaban J connectivity index is 0.655. The van der Waals surface area contributed by atoms with Gasteiger partial charge in [-0.05, 0) is 66.2 Å². The molecule has 5 N–H and O–H groups in total. The number of nitrogens with zero attached hydrogens (tertiary/aromatic N) is 10. The number of phenols is 1. The fourth-order valence-electron chi connectivity index (χ4n) is 11.2. The minimum atomic E-state index is -0.845. The van der Waals surface area contributed by atoms with E-state index in [1.807, 2.05) is 69.4 Å². The smallest absolute Gasteiger partial charge is 0.254 e. The standard InChI is InChI=1S/C55H68N12O8S/c1-34(2)51(55(71)66-31-41(68)26-46(66)54(70)59-35(3)36-9-11-37(12-10-36)52-44(32-72-4)58-33-76-52)48-28-50(62-75-48)74-24-22-64-19-17-63(18-20-64)21-23-73-49-25-38(15-16-57-49)67-39-13-14-40(67)30-65(29-39)45-27-43(60-61-53(45)56)42-7-5-6-8-47(42)69/h5-12,15-16,25,27-28,33-35,39-41,46,51,68-69H,13-14,17-24,26,29-32H2,1-4H3,(H2,56,61)(H,59,70)/t35-,39?,40?,41+,46-,51+/m0/s1. The molecule has 4 aromatic heterocycles. The predicted octanol–water partition coefficient (Wildman–Crippen LogP) is 5.60. The zero-order chi connectivity index (χ0) is 52.9. The first kappa shape index (κ1) is 52.5. The van der Waals surface area contributed by atoms with Gasteiger partial charge in [0.25, 0.3) is 5.88 Å². The van der Waals surface area contributed by atoms with Gasteiger partial charge in [0.05, 0.1) is 46.2 Å². The lowest BCUT2D eigenvalue weighted by atomic mass is 9.91. The maximum absolute atomic E-state index is 14.3. The number of phenolic OH excluding ortho intramolecular Hbond substituents is 1. The summed E-state index contributed by atoms with van der Waals surface area (Å²) in [7, 11) is 1.65. The van der Waals surface area contributed by atoms with Crippen LogP contribution in [0.4, 0.5) is 17.2 Å². The van der Waals surface area contributed by atoms with Crippen molar-refractivity contribution in [3.8, 4) is 39.2 Å². The SMILES string of the molecule is COCc1ncsc1-c1ccc([C@H](C)NC(=O)[C@@H]2C[C@@H](O)CN2C(=O)[C@@H](c2cc(OCCN3CCN(CCOc4cc(N5C6CCC5CN(c5cc(-c7ccccc7O)nnc5N)C6)ccn4)CC3)no2)C(C)C)cc1. The second kappa shape index (κ2) is 23.5. The zero-order valence-electron chi connectivity index (χ0n) is 43.5. The lowest BCUT2D eigenvalue weighted by molar-refractivity contribution is -0.141. The number of ether oxygens (including phenoxy) is 3. The molecule has 10 rings (SSSR count). The van der Waals surface area contributed by atoms with Gasteiger partial charge in [0.1, 0.15) is 30.9 Å². The molecule has 0 spiro atoms. The van der Waals surface area contributed by atoms with Crippen LogP contribution in [0.25, 0.3) is 21.7 Å². The summed E-state index contributed by atoms with van der Waals surface area (Å²) >= 11 is 1.55. The predicted molar refractivity (Wildman–Crippen MR) is 288 cm³/mol. The van der Waals surface area contributed by atoms with E-state index in [0.717, 1.165) is 91.7 Å². The number of aromatic nitrogens is 5. The molecule has 2 aromatic carbocycles. The van der Waals surface area contributed by atoms with Crippen molar-refractivity contribution in [2.45, 2.75) is 82.8 Å². The number of β-amino-alcohol motifs (C(OH)–C–C–N with tert-alkyl or cyclic N) is 1. The van der Waals surface area contributed by atoms with Crippen LogP contribution < -0.4 is 30.3 Å². The molecular formula is C55H68N12O8S. The molecule has 4 aliphatic rings. The van der Waals surface area contributed by atoms with Crippen LogP contribution in [0.1, 0.15) is 69.0 Å². The number of rotatable bonds is 20. The maximum atomic E-state index is 14.3. The number of anilines is 3. The number of aliphatic hydroxyl groups excluding tert-OH is 1. The van der Waals surface area contributed by atoms with Crippen molar-refractivity contribution in [3.63, 3.8) is 0 Å². The van der Waals surface area contributed by atoms with Gasteiger partial charge < -0.3 is 54.7 Å². The Morgan fingerprint density at radius 1 is 0.882 bits per heavy atom. The minimum absolute atomic E-state index is 0.0424. The number of aromatic hydroxyl groups is 1. The summed E-state index contributed by atoms with van der Waals surface area (Å²) in [5.41, 5.74) is 14.1. The highest BCUT2D eigenvalue weighted by atomic mass is 32.1. The number of hydrogen-bond donors (Lipinski definition) is 4. The van der Waals surface area contributed by atoms with Crippen LogP contribution in [0.15, 0.2) is 89.0 Å². The van der Waals surface area contributed by atoms with E-state index in [-0.39, 0.29) is 54.6 Å². The van der Waals surface area contributed by atoms with Crippen molar-refractivity contribution in [1.29, 1.82) is 0 Å². The lowest BCUT2D eigenvalue weighted by Crippen LogP contribution is -2.54. The first-order chi connectivity index (χ1) is 36.9. The summed E-state index contributed by atoms with van der Waals surface area (Å²) in [5.74, 6) is 0.247. The van der Waals surface area contributed by atoms with E-state index in [1.54, 1.807) is 42.2 Å². The summed E-state index contributed by atoms with van der Waals surface area (Å²) in [6.45, 7) is 13.7. The Morgan fingerprint density at radius 3 is 2.29 bits per heavy atom. The first-order valence-electron chi connectivity index (χ1n) is 26.3. The summed E-state index contributed by atoms with van der Waals surface area (Å²) in [5, 5.41) is 37.0. The monoisotopic (exact) mass is 1060 g/mol. The van der Waals surface area contributed by atoms with Crippen LogP contribution in [-0.2, 0) is 20.9 Å². The molecule has 20 nitrogen and oxygen atoms in total. The number of likely N-dealkylation sites (tertiary alicyclic amines) is 1.